The Hall–Kier alpha value is -2.50. The first-order valence-electron chi connectivity index (χ1n) is 10.8. The van der Waals surface area contributed by atoms with Crippen molar-refractivity contribution in [2.45, 2.75) is 57.8 Å². The highest BCUT2D eigenvalue weighted by molar-refractivity contribution is 6.13. The molecular weight excluding hydrogens is 366 g/mol. The molecule has 0 spiro atoms. The lowest BCUT2D eigenvalue weighted by Crippen LogP contribution is -2.44. The van der Waals surface area contributed by atoms with Crippen molar-refractivity contribution in [2.75, 3.05) is 18.0 Å². The lowest BCUT2D eigenvalue weighted by Gasteiger charge is -2.26. The molecule has 3 aliphatic rings. The molecule has 1 aromatic carbocycles. The molecule has 1 radical (unpaired) electrons. The minimum absolute atomic E-state index is 0.0306. The summed E-state index contributed by atoms with van der Waals surface area (Å²) in [7, 11) is 0. The molecule has 2 saturated carbocycles. The van der Waals surface area contributed by atoms with Gasteiger partial charge >= 0.3 is 6.03 Å². The molecule has 0 unspecified atom stereocenters. The van der Waals surface area contributed by atoms with Gasteiger partial charge in [-0.25, -0.2) is 9.80 Å². The molecule has 29 heavy (non-hydrogen) atoms. The van der Waals surface area contributed by atoms with Crippen LogP contribution in [0.3, 0.4) is 0 Å². The number of rotatable bonds is 6. The predicted molar refractivity (Wildman–Crippen MR) is 112 cm³/mol. The second-order valence-corrected chi connectivity index (χ2v) is 8.36. The lowest BCUT2D eigenvalue weighted by molar-refractivity contribution is -0.121. The average molecular weight is 394 g/mol. The van der Waals surface area contributed by atoms with Gasteiger partial charge in [-0.05, 0) is 31.7 Å². The van der Waals surface area contributed by atoms with Gasteiger partial charge in [0.2, 0.25) is 6.29 Å². The van der Waals surface area contributed by atoms with E-state index in [1.165, 1.54) is 16.3 Å². The summed E-state index contributed by atoms with van der Waals surface area (Å²) in [4.78, 5) is 38.9. The number of hydrogen-bond acceptors (Lipinski definition) is 4. The number of Topliss-reactive ketones (excluding diaryl/α,β-unsaturated/α-hetero) is 1. The summed E-state index contributed by atoms with van der Waals surface area (Å²) in [6, 6.07) is 7.29. The number of anilines is 1. The highest BCUT2D eigenvalue weighted by Gasteiger charge is 2.35. The standard InChI is InChI=1S/C23H28N3O3/c27-15-14-26-23(29)25(16-21(28)17-8-4-5-9-17)20-13-7-6-12-19(20)22(24-26)18-10-2-1-3-11-18/h6-7,12-13,17-18H,1-5,8-11,14,16H2. The van der Waals surface area contributed by atoms with Crippen molar-refractivity contribution >= 4 is 29.5 Å². The number of amides is 2. The summed E-state index contributed by atoms with van der Waals surface area (Å²) in [5.41, 5.74) is 2.49. The van der Waals surface area contributed by atoms with Gasteiger partial charge in [0.25, 0.3) is 0 Å². The van der Waals surface area contributed by atoms with Crippen molar-refractivity contribution in [3.8, 4) is 0 Å². The first-order chi connectivity index (χ1) is 14.2. The van der Waals surface area contributed by atoms with Gasteiger partial charge in [0.15, 0.2) is 5.78 Å². The van der Waals surface area contributed by atoms with Gasteiger partial charge in [-0.3, -0.25) is 14.5 Å². The molecule has 0 N–H and O–H groups in total. The van der Waals surface area contributed by atoms with Crippen molar-refractivity contribution in [3.63, 3.8) is 0 Å². The third-order valence-electron chi connectivity index (χ3n) is 6.48. The third-order valence-corrected chi connectivity index (χ3v) is 6.48. The Kier molecular flexibility index (Phi) is 6.07. The monoisotopic (exact) mass is 394 g/mol. The zero-order valence-electron chi connectivity index (χ0n) is 16.8. The molecule has 1 heterocycles. The van der Waals surface area contributed by atoms with E-state index in [0.717, 1.165) is 68.3 Å². The average Bonchev–Trinajstić information content (AvgIpc) is 3.27. The fraction of sp³-hybridized carbons (Fsp3) is 0.565. The number of hydrazone groups is 1. The second-order valence-electron chi connectivity index (χ2n) is 8.36. The van der Waals surface area contributed by atoms with Crippen LogP contribution in [0.25, 0.3) is 0 Å². The molecule has 2 aliphatic carbocycles. The van der Waals surface area contributed by atoms with Crippen LogP contribution in [0.5, 0.6) is 0 Å². The number of benzene rings is 1. The van der Waals surface area contributed by atoms with Gasteiger partial charge in [-0.2, -0.15) is 5.10 Å². The summed E-state index contributed by atoms with van der Waals surface area (Å²) < 4.78 is 0. The van der Waals surface area contributed by atoms with Crippen molar-refractivity contribution in [2.24, 2.45) is 16.9 Å². The largest absolute Gasteiger partial charge is 0.345 e. The van der Waals surface area contributed by atoms with Crippen LogP contribution in [-0.4, -0.2) is 41.9 Å². The lowest BCUT2D eigenvalue weighted by atomic mass is 9.83. The molecular formula is C23H28N3O3. The number of carbonyl (C=O) groups excluding carboxylic acids is 3. The Balaban J connectivity index is 1.72. The SMILES string of the molecule is O=[C]CN1N=C(C2CCCCC2)c2ccccc2N(CC(=O)C2CCCC2)C1=O. The minimum Gasteiger partial charge on any atom is -0.297 e. The molecule has 1 aromatic rings. The van der Waals surface area contributed by atoms with Crippen LogP contribution < -0.4 is 4.90 Å². The molecule has 2 amide bonds. The van der Waals surface area contributed by atoms with Crippen molar-refractivity contribution in [1.29, 1.82) is 0 Å². The number of nitrogens with zero attached hydrogens (tertiary/aromatic N) is 3. The van der Waals surface area contributed by atoms with Crippen LogP contribution in [0.2, 0.25) is 0 Å². The number of fused-ring (bicyclic) bond motifs is 1. The quantitative estimate of drug-likeness (QED) is 0.730. The number of carbonyl (C=O) groups is 2. The molecule has 153 valence electrons. The van der Waals surface area contributed by atoms with E-state index in [1.807, 2.05) is 30.6 Å². The molecule has 0 atom stereocenters. The van der Waals surface area contributed by atoms with E-state index in [0.29, 0.717) is 0 Å². The Morgan fingerprint density at radius 2 is 1.72 bits per heavy atom. The molecule has 0 aromatic heterocycles. The first kappa shape index (κ1) is 19.8. The predicted octanol–water partition coefficient (Wildman–Crippen LogP) is 4.08. The zero-order chi connectivity index (χ0) is 20.2. The summed E-state index contributed by atoms with van der Waals surface area (Å²) in [5, 5.41) is 5.84. The maximum atomic E-state index is 13.3. The van der Waals surface area contributed by atoms with Gasteiger partial charge in [0.1, 0.15) is 6.54 Å². The fourth-order valence-corrected chi connectivity index (χ4v) is 4.92. The molecule has 0 bridgehead atoms. The van der Waals surface area contributed by atoms with Crippen LogP contribution in [0.4, 0.5) is 10.5 Å². The number of para-hydroxylation sites is 1. The van der Waals surface area contributed by atoms with Gasteiger partial charge in [0, 0.05) is 17.4 Å². The molecule has 1 aliphatic heterocycles. The molecule has 6 heteroatoms. The normalized spacial score (nSPS) is 21.0. The van der Waals surface area contributed by atoms with E-state index in [-0.39, 0.29) is 30.7 Å². The Bertz CT molecular complexity index is 807. The number of urea groups is 1. The van der Waals surface area contributed by atoms with E-state index >= 15 is 0 Å². The van der Waals surface area contributed by atoms with Crippen LogP contribution in [0, 0.1) is 11.8 Å². The van der Waals surface area contributed by atoms with Crippen molar-refractivity contribution < 1.29 is 14.4 Å². The van der Waals surface area contributed by atoms with Crippen LogP contribution in [0.1, 0.15) is 63.4 Å². The Morgan fingerprint density at radius 1 is 1.03 bits per heavy atom. The van der Waals surface area contributed by atoms with E-state index in [4.69, 9.17) is 0 Å². The highest BCUT2D eigenvalue weighted by atomic mass is 16.2. The minimum atomic E-state index is -0.419. The fourth-order valence-electron chi connectivity index (χ4n) is 4.92. The molecule has 6 nitrogen and oxygen atoms in total. The zero-order valence-corrected chi connectivity index (χ0v) is 16.8. The summed E-state index contributed by atoms with van der Waals surface area (Å²) in [6.07, 6.45) is 11.3. The summed E-state index contributed by atoms with van der Waals surface area (Å²) in [6.45, 7) is -0.194. The van der Waals surface area contributed by atoms with Gasteiger partial charge in [-0.15, -0.1) is 0 Å². The number of hydrogen-bond donors (Lipinski definition) is 0. The topological polar surface area (TPSA) is 70.1 Å². The van der Waals surface area contributed by atoms with Gasteiger partial charge in [0.05, 0.1) is 17.9 Å². The second kappa shape index (κ2) is 8.89. The van der Waals surface area contributed by atoms with E-state index in [9.17, 15) is 14.4 Å². The van der Waals surface area contributed by atoms with Crippen LogP contribution >= 0.6 is 0 Å². The summed E-state index contributed by atoms with van der Waals surface area (Å²) >= 11 is 0. The molecule has 4 rings (SSSR count). The van der Waals surface area contributed by atoms with Crippen LogP contribution in [-0.2, 0) is 9.59 Å². The van der Waals surface area contributed by atoms with Crippen LogP contribution in [0.15, 0.2) is 29.4 Å². The van der Waals surface area contributed by atoms with Crippen molar-refractivity contribution in [1.82, 2.24) is 5.01 Å². The Labute approximate surface area is 171 Å². The van der Waals surface area contributed by atoms with Crippen molar-refractivity contribution in [3.05, 3.63) is 29.8 Å². The third kappa shape index (κ3) is 4.11. The maximum Gasteiger partial charge on any atom is 0.345 e. The highest BCUT2D eigenvalue weighted by Crippen LogP contribution is 2.34. The van der Waals surface area contributed by atoms with Gasteiger partial charge < -0.3 is 0 Å². The smallest absolute Gasteiger partial charge is 0.297 e. The number of ketones is 1. The van der Waals surface area contributed by atoms with Gasteiger partial charge in [-0.1, -0.05) is 50.3 Å². The maximum absolute atomic E-state index is 13.3. The summed E-state index contributed by atoms with van der Waals surface area (Å²) in [5.74, 6) is 0.391. The molecule has 0 saturated heterocycles. The van der Waals surface area contributed by atoms with E-state index in [1.54, 1.807) is 0 Å². The Morgan fingerprint density at radius 3 is 2.45 bits per heavy atom. The molecule has 2 fully saturated rings. The van der Waals surface area contributed by atoms with E-state index in [2.05, 4.69) is 5.10 Å². The van der Waals surface area contributed by atoms with E-state index < -0.39 is 6.03 Å². The first-order valence-corrected chi connectivity index (χ1v) is 10.8.